The molecule has 1 fully saturated rings. The van der Waals surface area contributed by atoms with Gasteiger partial charge in [-0.15, -0.1) is 0 Å². The minimum absolute atomic E-state index is 0.544. The maximum atomic E-state index is 3.46. The first-order chi connectivity index (χ1) is 9.56. The Morgan fingerprint density at radius 2 is 1.85 bits per heavy atom. The second kappa shape index (κ2) is 7.48. The van der Waals surface area contributed by atoms with Crippen LogP contribution in [0, 0.1) is 0 Å². The first-order valence-electron chi connectivity index (χ1n) is 7.73. The Morgan fingerprint density at radius 3 is 2.50 bits per heavy atom. The highest BCUT2D eigenvalue weighted by molar-refractivity contribution is 8.00. The fourth-order valence-electron chi connectivity index (χ4n) is 2.54. The van der Waals surface area contributed by atoms with E-state index in [9.17, 15) is 0 Å². The highest BCUT2D eigenvalue weighted by atomic mass is 32.2. The molecule has 20 heavy (non-hydrogen) atoms. The van der Waals surface area contributed by atoms with Crippen molar-refractivity contribution in [1.29, 1.82) is 0 Å². The molecule has 0 saturated carbocycles. The summed E-state index contributed by atoms with van der Waals surface area (Å²) in [7, 11) is 0. The molecule has 2 unspecified atom stereocenters. The Bertz CT molecular complexity index is 402. The van der Waals surface area contributed by atoms with Gasteiger partial charge in [0.2, 0.25) is 0 Å². The highest BCUT2D eigenvalue weighted by Crippen LogP contribution is 2.25. The number of thioether (sulfide) groups is 1. The third-order valence-electron chi connectivity index (χ3n) is 4.14. The third-order valence-corrected chi connectivity index (χ3v) is 5.48. The molecular formula is C17H28N2S. The van der Waals surface area contributed by atoms with E-state index >= 15 is 0 Å². The van der Waals surface area contributed by atoms with Crippen molar-refractivity contribution in [3.63, 3.8) is 0 Å². The molecule has 1 heterocycles. The molecule has 2 nitrogen and oxygen atoms in total. The maximum Gasteiger partial charge on any atom is 0.0237 e. The summed E-state index contributed by atoms with van der Waals surface area (Å²) in [5, 5.41) is 4.21. The van der Waals surface area contributed by atoms with Gasteiger partial charge in [-0.2, -0.15) is 11.8 Å². The predicted molar refractivity (Wildman–Crippen MR) is 90.2 cm³/mol. The molecule has 2 atom stereocenters. The third kappa shape index (κ3) is 4.51. The van der Waals surface area contributed by atoms with Crippen molar-refractivity contribution in [3.05, 3.63) is 35.4 Å². The molecule has 1 saturated heterocycles. The lowest BCUT2D eigenvalue weighted by Crippen LogP contribution is -2.43. The largest absolute Gasteiger partial charge is 0.310 e. The smallest absolute Gasteiger partial charge is 0.0237 e. The molecular weight excluding hydrogens is 264 g/mol. The van der Waals surface area contributed by atoms with Crippen LogP contribution in [0.3, 0.4) is 0 Å². The lowest BCUT2D eigenvalue weighted by atomic mass is 10.1. The molecule has 1 aromatic rings. The molecule has 3 heteroatoms. The molecule has 112 valence electrons. The first kappa shape index (κ1) is 15.9. The van der Waals surface area contributed by atoms with Crippen molar-refractivity contribution in [1.82, 2.24) is 10.2 Å². The Balaban J connectivity index is 1.90. The number of nitrogens with one attached hydrogen (secondary N) is 1. The Hall–Kier alpha value is -0.510. The molecule has 0 aromatic heterocycles. The summed E-state index contributed by atoms with van der Waals surface area (Å²) < 4.78 is 0. The molecule has 2 rings (SSSR count). The summed E-state index contributed by atoms with van der Waals surface area (Å²) in [6.45, 7) is 12.3. The molecule has 0 aliphatic carbocycles. The van der Waals surface area contributed by atoms with Crippen molar-refractivity contribution in [2.75, 3.05) is 12.3 Å². The van der Waals surface area contributed by atoms with Crippen molar-refractivity contribution in [2.45, 2.75) is 58.1 Å². The van der Waals surface area contributed by atoms with Gasteiger partial charge in [0.1, 0.15) is 0 Å². The van der Waals surface area contributed by atoms with Gasteiger partial charge in [-0.05, 0) is 18.1 Å². The molecule has 0 spiro atoms. The van der Waals surface area contributed by atoms with Gasteiger partial charge in [0.25, 0.3) is 0 Å². The predicted octanol–water partition coefficient (Wildman–Crippen LogP) is 3.51. The van der Waals surface area contributed by atoms with Gasteiger partial charge in [0.15, 0.2) is 0 Å². The Kier molecular flexibility index (Phi) is 5.94. The second-order valence-corrected chi connectivity index (χ2v) is 7.62. The SMILES string of the molecule is CC(C)NCc1ccc(CN2CCSC(C)C2C)cc1. The number of benzene rings is 1. The fraction of sp³-hybridized carbons (Fsp3) is 0.647. The fourth-order valence-corrected chi connectivity index (χ4v) is 3.70. The lowest BCUT2D eigenvalue weighted by Gasteiger charge is -2.37. The molecule has 1 aliphatic rings. The molecule has 1 aliphatic heterocycles. The van der Waals surface area contributed by atoms with Crippen LogP contribution in [0.15, 0.2) is 24.3 Å². The van der Waals surface area contributed by atoms with Gasteiger partial charge in [-0.3, -0.25) is 4.90 Å². The van der Waals surface area contributed by atoms with E-state index in [2.05, 4.69) is 73.9 Å². The van der Waals surface area contributed by atoms with Crippen LogP contribution in [0.2, 0.25) is 0 Å². The van der Waals surface area contributed by atoms with E-state index in [4.69, 9.17) is 0 Å². The highest BCUT2D eigenvalue weighted by Gasteiger charge is 2.24. The van der Waals surface area contributed by atoms with Crippen molar-refractivity contribution in [3.8, 4) is 0 Å². The van der Waals surface area contributed by atoms with Crippen LogP contribution in [0.25, 0.3) is 0 Å². The summed E-state index contributed by atoms with van der Waals surface area (Å²) >= 11 is 2.10. The molecule has 0 amide bonds. The van der Waals surface area contributed by atoms with E-state index in [0.717, 1.165) is 18.3 Å². The molecule has 0 radical (unpaired) electrons. The monoisotopic (exact) mass is 292 g/mol. The van der Waals surface area contributed by atoms with Gasteiger partial charge < -0.3 is 5.32 Å². The van der Waals surface area contributed by atoms with E-state index in [-0.39, 0.29) is 0 Å². The van der Waals surface area contributed by atoms with Crippen LogP contribution in [-0.4, -0.2) is 34.5 Å². The average molecular weight is 292 g/mol. The van der Waals surface area contributed by atoms with Crippen molar-refractivity contribution in [2.24, 2.45) is 0 Å². The Morgan fingerprint density at radius 1 is 1.20 bits per heavy atom. The van der Waals surface area contributed by atoms with Crippen LogP contribution in [-0.2, 0) is 13.1 Å². The van der Waals surface area contributed by atoms with Crippen LogP contribution in [0.4, 0.5) is 0 Å². The topological polar surface area (TPSA) is 15.3 Å². The van der Waals surface area contributed by atoms with Gasteiger partial charge >= 0.3 is 0 Å². The van der Waals surface area contributed by atoms with Crippen LogP contribution >= 0.6 is 11.8 Å². The molecule has 1 aromatic carbocycles. The van der Waals surface area contributed by atoms with Gasteiger partial charge in [-0.25, -0.2) is 0 Å². The second-order valence-electron chi connectivity index (χ2n) is 6.14. The molecule has 0 bridgehead atoms. The lowest BCUT2D eigenvalue weighted by molar-refractivity contribution is 0.204. The van der Waals surface area contributed by atoms with Gasteiger partial charge in [0.05, 0.1) is 0 Å². The van der Waals surface area contributed by atoms with Gasteiger partial charge in [-0.1, -0.05) is 45.0 Å². The van der Waals surface area contributed by atoms with E-state index < -0.39 is 0 Å². The number of hydrogen-bond acceptors (Lipinski definition) is 3. The number of hydrogen-bond donors (Lipinski definition) is 1. The summed E-state index contributed by atoms with van der Waals surface area (Å²) in [5.41, 5.74) is 2.81. The van der Waals surface area contributed by atoms with E-state index in [1.165, 1.54) is 23.4 Å². The molecule has 1 N–H and O–H groups in total. The zero-order valence-electron chi connectivity index (χ0n) is 13.2. The quantitative estimate of drug-likeness (QED) is 0.894. The van der Waals surface area contributed by atoms with Crippen LogP contribution in [0.1, 0.15) is 38.8 Å². The zero-order valence-corrected chi connectivity index (χ0v) is 14.0. The summed E-state index contributed by atoms with van der Waals surface area (Å²) in [6.07, 6.45) is 0. The average Bonchev–Trinajstić information content (AvgIpc) is 2.43. The standard InChI is InChI=1S/C17H28N2S/c1-13(2)18-11-16-5-7-17(8-6-16)12-19-9-10-20-15(4)14(19)3/h5-8,13-15,18H,9-12H2,1-4H3. The first-order valence-corrected chi connectivity index (χ1v) is 8.78. The summed E-state index contributed by atoms with van der Waals surface area (Å²) in [5.74, 6) is 1.27. The van der Waals surface area contributed by atoms with E-state index in [1.807, 2.05) is 0 Å². The van der Waals surface area contributed by atoms with Gasteiger partial charge in [0, 0.05) is 42.7 Å². The summed E-state index contributed by atoms with van der Waals surface area (Å²) in [6, 6.07) is 10.3. The van der Waals surface area contributed by atoms with E-state index in [0.29, 0.717) is 12.1 Å². The van der Waals surface area contributed by atoms with E-state index in [1.54, 1.807) is 0 Å². The Labute approximate surface area is 128 Å². The number of rotatable bonds is 5. The van der Waals surface area contributed by atoms with Crippen molar-refractivity contribution >= 4 is 11.8 Å². The van der Waals surface area contributed by atoms with Crippen LogP contribution < -0.4 is 5.32 Å². The summed E-state index contributed by atoms with van der Waals surface area (Å²) in [4.78, 5) is 2.61. The minimum Gasteiger partial charge on any atom is -0.310 e. The zero-order chi connectivity index (χ0) is 14.5. The number of nitrogens with zero attached hydrogens (tertiary/aromatic N) is 1. The normalized spacial score (nSPS) is 24.2. The maximum absolute atomic E-state index is 3.46. The minimum atomic E-state index is 0.544. The van der Waals surface area contributed by atoms with Crippen LogP contribution in [0.5, 0.6) is 0 Å². The van der Waals surface area contributed by atoms with Crippen molar-refractivity contribution < 1.29 is 0 Å².